The predicted molar refractivity (Wildman–Crippen MR) is 100 cm³/mol. The van der Waals surface area contributed by atoms with Crippen LogP contribution in [0.25, 0.3) is 11.4 Å². The average Bonchev–Trinajstić information content (AvgIpc) is 3.35. The summed E-state index contributed by atoms with van der Waals surface area (Å²) in [7, 11) is 1.38. The molecule has 1 atom stereocenters. The van der Waals surface area contributed by atoms with Gasteiger partial charge in [-0.1, -0.05) is 12.1 Å². The highest BCUT2D eigenvalue weighted by Gasteiger charge is 2.35. The van der Waals surface area contributed by atoms with Crippen LogP contribution in [0.4, 0.5) is 26.3 Å². The van der Waals surface area contributed by atoms with Crippen LogP contribution >= 0.6 is 0 Å². The lowest BCUT2D eigenvalue weighted by Crippen LogP contribution is -2.17. The summed E-state index contributed by atoms with van der Waals surface area (Å²) >= 11 is 0. The molecule has 0 saturated carbocycles. The second-order valence-electron chi connectivity index (χ2n) is 6.81. The molecule has 0 bridgehead atoms. The van der Waals surface area contributed by atoms with E-state index in [-0.39, 0.29) is 28.8 Å². The van der Waals surface area contributed by atoms with E-state index in [1.807, 2.05) is 0 Å². The van der Waals surface area contributed by atoms with E-state index >= 15 is 0 Å². The standard InChI is InChI=1S/C20H14F6N4O3/c1-30-15(8-17(28-30)19(21,22)23)14-7-6-13(10-27-14)31-18-9-16(33-29-18)11-2-4-12(5-3-11)32-20(24,25)26/h2-10,16,29H,1H3. The number of aryl methyl sites for hydroxylation is 1. The van der Waals surface area contributed by atoms with Crippen molar-refractivity contribution in [2.24, 2.45) is 7.05 Å². The number of ether oxygens (including phenoxy) is 2. The molecule has 1 unspecified atom stereocenters. The minimum Gasteiger partial charge on any atom is -0.438 e. The van der Waals surface area contributed by atoms with Crippen LogP contribution in [-0.4, -0.2) is 21.1 Å². The van der Waals surface area contributed by atoms with Gasteiger partial charge in [-0.3, -0.25) is 14.5 Å². The topological polar surface area (TPSA) is 70.4 Å². The van der Waals surface area contributed by atoms with E-state index in [9.17, 15) is 26.3 Å². The average molecular weight is 472 g/mol. The van der Waals surface area contributed by atoms with E-state index in [1.54, 1.807) is 6.08 Å². The number of rotatable bonds is 5. The van der Waals surface area contributed by atoms with E-state index in [4.69, 9.17) is 9.57 Å². The summed E-state index contributed by atoms with van der Waals surface area (Å²) in [5, 5.41) is 3.45. The van der Waals surface area contributed by atoms with Crippen molar-refractivity contribution in [3.63, 3.8) is 0 Å². The Morgan fingerprint density at radius 3 is 2.27 bits per heavy atom. The van der Waals surface area contributed by atoms with Gasteiger partial charge in [0.2, 0.25) is 5.88 Å². The molecule has 0 aliphatic carbocycles. The van der Waals surface area contributed by atoms with Crippen molar-refractivity contribution in [3.8, 4) is 22.9 Å². The first-order valence-electron chi connectivity index (χ1n) is 9.23. The Kier molecular flexibility index (Phi) is 5.66. The molecule has 0 fully saturated rings. The zero-order chi connectivity index (χ0) is 23.8. The number of nitrogens with zero attached hydrogens (tertiary/aromatic N) is 3. The fraction of sp³-hybridized carbons (Fsp3) is 0.200. The van der Waals surface area contributed by atoms with Crippen LogP contribution in [0.2, 0.25) is 0 Å². The monoisotopic (exact) mass is 472 g/mol. The molecule has 3 aromatic rings. The molecule has 13 heteroatoms. The first-order valence-corrected chi connectivity index (χ1v) is 9.23. The zero-order valence-electron chi connectivity index (χ0n) is 16.6. The minimum atomic E-state index is -4.78. The molecule has 174 valence electrons. The van der Waals surface area contributed by atoms with Crippen molar-refractivity contribution in [1.82, 2.24) is 20.2 Å². The number of hydrogen-bond acceptors (Lipinski definition) is 6. The Morgan fingerprint density at radius 2 is 1.70 bits per heavy atom. The fourth-order valence-corrected chi connectivity index (χ4v) is 2.97. The molecule has 0 amide bonds. The molecule has 2 aromatic heterocycles. The Labute approximate surface area is 182 Å². The highest BCUT2D eigenvalue weighted by atomic mass is 19.4. The molecule has 0 radical (unpaired) electrons. The third kappa shape index (κ3) is 5.37. The first-order chi connectivity index (χ1) is 15.5. The number of hydroxylamine groups is 1. The lowest BCUT2D eigenvalue weighted by atomic mass is 10.1. The highest BCUT2D eigenvalue weighted by molar-refractivity contribution is 5.56. The second kappa shape index (κ2) is 8.31. The number of hydrogen-bond donors (Lipinski definition) is 1. The molecule has 4 rings (SSSR count). The number of aromatic nitrogens is 3. The number of pyridine rings is 1. The van der Waals surface area contributed by atoms with E-state index in [1.165, 1.54) is 37.5 Å². The smallest absolute Gasteiger partial charge is 0.438 e. The first kappa shape index (κ1) is 22.5. The molecule has 3 heterocycles. The molecule has 1 N–H and O–H groups in total. The van der Waals surface area contributed by atoms with Gasteiger partial charge in [0.15, 0.2) is 5.69 Å². The Morgan fingerprint density at radius 1 is 1.00 bits per heavy atom. The maximum atomic E-state index is 12.8. The van der Waals surface area contributed by atoms with Gasteiger partial charge in [0.1, 0.15) is 17.6 Å². The molecule has 1 aliphatic heterocycles. The lowest BCUT2D eigenvalue weighted by Gasteiger charge is -2.11. The van der Waals surface area contributed by atoms with Gasteiger partial charge in [-0.05, 0) is 35.9 Å². The summed E-state index contributed by atoms with van der Waals surface area (Å²) in [5.41, 5.74) is 2.50. The number of halogens is 6. The van der Waals surface area contributed by atoms with Crippen LogP contribution in [0.15, 0.2) is 60.6 Å². The Bertz CT molecular complexity index is 1150. The van der Waals surface area contributed by atoms with Gasteiger partial charge in [-0.2, -0.15) is 18.3 Å². The van der Waals surface area contributed by atoms with Gasteiger partial charge in [0, 0.05) is 13.1 Å². The summed E-state index contributed by atoms with van der Waals surface area (Å²) in [6, 6.07) is 9.00. The van der Waals surface area contributed by atoms with Crippen molar-refractivity contribution in [2.45, 2.75) is 18.6 Å². The van der Waals surface area contributed by atoms with E-state index in [0.717, 1.165) is 22.9 Å². The largest absolute Gasteiger partial charge is 0.573 e. The molecule has 0 spiro atoms. The van der Waals surface area contributed by atoms with Crippen LogP contribution in [0.3, 0.4) is 0 Å². The second-order valence-corrected chi connectivity index (χ2v) is 6.81. The van der Waals surface area contributed by atoms with Gasteiger partial charge < -0.3 is 9.47 Å². The molecule has 1 aliphatic rings. The molecule has 33 heavy (non-hydrogen) atoms. The molecular formula is C20H14F6N4O3. The van der Waals surface area contributed by atoms with Crippen molar-refractivity contribution in [2.75, 3.05) is 0 Å². The van der Waals surface area contributed by atoms with Gasteiger partial charge in [0.05, 0.1) is 17.6 Å². The summed E-state index contributed by atoms with van der Waals surface area (Å²) < 4.78 is 85.7. The van der Waals surface area contributed by atoms with Crippen molar-refractivity contribution in [1.29, 1.82) is 0 Å². The van der Waals surface area contributed by atoms with E-state index in [0.29, 0.717) is 5.56 Å². The molecular weight excluding hydrogens is 458 g/mol. The predicted octanol–water partition coefficient (Wildman–Crippen LogP) is 4.90. The van der Waals surface area contributed by atoms with Gasteiger partial charge in [-0.15, -0.1) is 13.2 Å². The van der Waals surface area contributed by atoms with Crippen molar-refractivity contribution in [3.05, 3.63) is 71.9 Å². The Hall–Kier alpha value is -3.74. The van der Waals surface area contributed by atoms with E-state index < -0.39 is 24.3 Å². The SMILES string of the molecule is Cn1nc(C(F)(F)F)cc1-c1ccc(OC2=CC(c3ccc(OC(F)(F)F)cc3)ON2)cn1. The van der Waals surface area contributed by atoms with Crippen LogP contribution < -0.4 is 15.0 Å². The molecule has 0 saturated heterocycles. The maximum absolute atomic E-state index is 12.8. The number of nitrogens with one attached hydrogen (secondary N) is 1. The Balaban J connectivity index is 1.42. The van der Waals surface area contributed by atoms with Crippen molar-refractivity contribution >= 4 is 0 Å². The summed E-state index contributed by atoms with van der Waals surface area (Å²) in [6.07, 6.45) is -7.13. The van der Waals surface area contributed by atoms with Crippen LogP contribution in [0.5, 0.6) is 11.5 Å². The van der Waals surface area contributed by atoms with Gasteiger partial charge in [-0.25, -0.2) is 5.48 Å². The van der Waals surface area contributed by atoms with Gasteiger partial charge in [0.25, 0.3) is 0 Å². The highest BCUT2D eigenvalue weighted by Crippen LogP contribution is 2.32. The summed E-state index contributed by atoms with van der Waals surface area (Å²) in [4.78, 5) is 9.45. The molecule has 7 nitrogen and oxygen atoms in total. The summed E-state index contributed by atoms with van der Waals surface area (Å²) in [6.45, 7) is 0. The normalized spacial score (nSPS) is 16.3. The quantitative estimate of drug-likeness (QED) is 0.533. The number of benzene rings is 1. The van der Waals surface area contributed by atoms with E-state index in [2.05, 4.69) is 20.3 Å². The minimum absolute atomic E-state index is 0.174. The van der Waals surface area contributed by atoms with Crippen LogP contribution in [0.1, 0.15) is 17.4 Å². The van der Waals surface area contributed by atoms with Crippen LogP contribution in [0, 0.1) is 0 Å². The lowest BCUT2D eigenvalue weighted by molar-refractivity contribution is -0.274. The summed E-state index contributed by atoms with van der Waals surface area (Å²) in [5.74, 6) is 0.110. The molecule has 1 aromatic carbocycles. The third-order valence-corrected chi connectivity index (χ3v) is 4.43. The third-order valence-electron chi connectivity index (χ3n) is 4.43. The van der Waals surface area contributed by atoms with Crippen molar-refractivity contribution < 1.29 is 40.7 Å². The maximum Gasteiger partial charge on any atom is 0.573 e. The zero-order valence-corrected chi connectivity index (χ0v) is 16.6. The van der Waals surface area contributed by atoms with Gasteiger partial charge >= 0.3 is 12.5 Å². The fourth-order valence-electron chi connectivity index (χ4n) is 2.97. The number of alkyl halides is 6. The van der Waals surface area contributed by atoms with Crippen LogP contribution in [-0.2, 0) is 18.1 Å².